The molecule has 5 rings (SSSR count). The van der Waals surface area contributed by atoms with Crippen LogP contribution in [-0.4, -0.2) is 72.1 Å². The third-order valence-electron chi connectivity index (χ3n) is 7.74. The number of hydrogen-bond acceptors (Lipinski definition) is 7. The van der Waals surface area contributed by atoms with Crippen LogP contribution in [0.1, 0.15) is 37.9 Å². The molecule has 3 atom stereocenters. The fourth-order valence-corrected chi connectivity index (χ4v) is 5.41. The van der Waals surface area contributed by atoms with Gasteiger partial charge in [0.2, 0.25) is 0 Å². The fourth-order valence-electron chi connectivity index (χ4n) is 5.41. The molecule has 0 radical (unpaired) electrons. The maximum absolute atomic E-state index is 15.8. The Bertz CT molecular complexity index is 1790. The number of aromatic hydroxyl groups is 1. The lowest BCUT2D eigenvalue weighted by Gasteiger charge is -2.43. The molecule has 0 bridgehead atoms. The molecule has 1 fully saturated rings. The first-order valence-electron chi connectivity index (χ1n) is 13.4. The van der Waals surface area contributed by atoms with E-state index in [1.54, 1.807) is 24.8 Å². The van der Waals surface area contributed by atoms with Gasteiger partial charge in [-0.3, -0.25) is 4.98 Å². The molecule has 2 N–H and O–H groups in total. The topological polar surface area (TPSA) is 125 Å². The number of para-hydroxylation sites is 1. The molecule has 43 heavy (non-hydrogen) atoms. The molecule has 1 aromatic carbocycles. The zero-order valence-corrected chi connectivity index (χ0v) is 23.6. The van der Waals surface area contributed by atoms with E-state index in [0.29, 0.717) is 0 Å². The largest absolute Gasteiger partial charge is 0.507 e. The van der Waals surface area contributed by atoms with E-state index in [-0.39, 0.29) is 58.2 Å². The molecule has 4 aromatic rings. The Morgan fingerprint density at radius 3 is 2.44 bits per heavy atom. The summed E-state index contributed by atoms with van der Waals surface area (Å²) < 4.78 is 58.5. The number of carboxylic acid groups (broad SMARTS) is 1. The van der Waals surface area contributed by atoms with Crippen LogP contribution in [0.15, 0.2) is 47.4 Å². The summed E-state index contributed by atoms with van der Waals surface area (Å²) in [5.74, 6) is -3.25. The minimum absolute atomic E-state index is 0.00263. The van der Waals surface area contributed by atoms with Gasteiger partial charge in [-0.25, -0.2) is 23.5 Å². The predicted octanol–water partition coefficient (Wildman–Crippen LogP) is 5.24. The number of phenols is 1. The fraction of sp³-hybridized carbons (Fsp3) is 0.345. The normalized spacial score (nSPS) is 18.2. The van der Waals surface area contributed by atoms with Crippen molar-refractivity contribution >= 4 is 22.9 Å². The van der Waals surface area contributed by atoms with Crippen LogP contribution in [0, 0.1) is 12.7 Å². The van der Waals surface area contributed by atoms with Crippen LogP contribution < -0.4 is 10.6 Å². The van der Waals surface area contributed by atoms with Crippen molar-refractivity contribution in [2.45, 2.75) is 51.9 Å². The molecule has 10 nitrogen and oxygen atoms in total. The van der Waals surface area contributed by atoms with Gasteiger partial charge in [-0.05, 0) is 57.5 Å². The van der Waals surface area contributed by atoms with Crippen molar-refractivity contribution in [3.05, 3.63) is 70.2 Å². The third kappa shape index (κ3) is 5.21. The molecule has 1 aliphatic heterocycles. The van der Waals surface area contributed by atoms with E-state index in [2.05, 4.69) is 15.0 Å². The summed E-state index contributed by atoms with van der Waals surface area (Å²) in [7, 11) is 0. The average Bonchev–Trinajstić information content (AvgIpc) is 2.93. The van der Waals surface area contributed by atoms with Crippen LogP contribution in [0.3, 0.4) is 0 Å². The summed E-state index contributed by atoms with van der Waals surface area (Å²) in [4.78, 5) is 41.1. The quantitative estimate of drug-likeness (QED) is 0.305. The Hall–Kier alpha value is -4.75. The zero-order chi connectivity index (χ0) is 31.4. The molecular formula is C29H28F4N6O4. The van der Waals surface area contributed by atoms with Crippen molar-refractivity contribution in [2.24, 2.45) is 0 Å². The van der Waals surface area contributed by atoms with Crippen molar-refractivity contribution in [2.75, 3.05) is 18.0 Å². The van der Waals surface area contributed by atoms with Crippen LogP contribution in [0.5, 0.6) is 5.75 Å². The van der Waals surface area contributed by atoms with Gasteiger partial charge in [-0.1, -0.05) is 12.1 Å². The molecule has 1 aliphatic rings. The van der Waals surface area contributed by atoms with Crippen molar-refractivity contribution in [1.29, 1.82) is 0 Å². The summed E-state index contributed by atoms with van der Waals surface area (Å²) in [6.07, 6.45) is -4.61. The molecular weight excluding hydrogens is 572 g/mol. The SMILES string of the molecule is Cc1ccnc(C(C)C(F)(F)F)c1-n1c(=O)nc(N2C[C@@H](C)N(C(=O)O)C[C@@H]2C)c2cc(F)c(-c3ccccc3O)nc21. The van der Waals surface area contributed by atoms with Crippen LogP contribution in [0.2, 0.25) is 0 Å². The van der Waals surface area contributed by atoms with Gasteiger partial charge in [0, 0.05) is 36.9 Å². The minimum atomic E-state index is -4.70. The number of carbonyl (C=O) groups is 1. The second-order valence-electron chi connectivity index (χ2n) is 10.7. The number of alkyl halides is 3. The third-order valence-corrected chi connectivity index (χ3v) is 7.74. The van der Waals surface area contributed by atoms with Crippen LogP contribution in [0.4, 0.5) is 28.2 Å². The predicted molar refractivity (Wildman–Crippen MR) is 150 cm³/mol. The molecule has 226 valence electrons. The van der Waals surface area contributed by atoms with Gasteiger partial charge in [0.05, 0.1) is 22.7 Å². The number of aromatic nitrogens is 4. The van der Waals surface area contributed by atoms with Gasteiger partial charge < -0.3 is 20.0 Å². The number of halogens is 4. The molecule has 3 aromatic heterocycles. The maximum Gasteiger partial charge on any atom is 0.407 e. The summed E-state index contributed by atoms with van der Waals surface area (Å²) in [5.41, 5.74) is -1.90. The van der Waals surface area contributed by atoms with Gasteiger partial charge in [0.15, 0.2) is 11.5 Å². The smallest absolute Gasteiger partial charge is 0.407 e. The van der Waals surface area contributed by atoms with E-state index >= 15 is 4.39 Å². The van der Waals surface area contributed by atoms with Crippen molar-refractivity contribution < 1.29 is 32.6 Å². The second-order valence-corrected chi connectivity index (χ2v) is 10.7. The Morgan fingerprint density at radius 1 is 1.09 bits per heavy atom. The van der Waals surface area contributed by atoms with Crippen molar-refractivity contribution in [3.8, 4) is 22.7 Å². The Morgan fingerprint density at radius 2 is 1.79 bits per heavy atom. The van der Waals surface area contributed by atoms with Crippen LogP contribution in [0.25, 0.3) is 28.0 Å². The van der Waals surface area contributed by atoms with E-state index in [4.69, 9.17) is 0 Å². The van der Waals surface area contributed by atoms with Crippen molar-refractivity contribution in [1.82, 2.24) is 24.4 Å². The summed E-state index contributed by atoms with van der Waals surface area (Å²) in [6.45, 7) is 5.99. The van der Waals surface area contributed by atoms with Gasteiger partial charge in [-0.2, -0.15) is 18.2 Å². The van der Waals surface area contributed by atoms with E-state index in [1.807, 2.05) is 0 Å². The molecule has 1 amide bonds. The lowest BCUT2D eigenvalue weighted by atomic mass is 10.0. The number of rotatable bonds is 4. The highest BCUT2D eigenvalue weighted by Crippen LogP contribution is 2.39. The second kappa shape index (κ2) is 10.8. The van der Waals surface area contributed by atoms with Crippen molar-refractivity contribution in [3.63, 3.8) is 0 Å². The van der Waals surface area contributed by atoms with E-state index < -0.39 is 47.5 Å². The average molecular weight is 601 g/mol. The monoisotopic (exact) mass is 600 g/mol. The molecule has 0 spiro atoms. The first kappa shape index (κ1) is 29.7. The van der Waals surface area contributed by atoms with E-state index in [0.717, 1.165) is 17.6 Å². The lowest BCUT2D eigenvalue weighted by Crippen LogP contribution is -2.58. The van der Waals surface area contributed by atoms with Gasteiger partial charge in [0.1, 0.15) is 17.3 Å². The highest BCUT2D eigenvalue weighted by Gasteiger charge is 2.41. The standard InChI is InChI=1S/C29H28F4N6O4/c1-14-9-10-34-22(17(4)29(31,32)33)24(14)39-26-19(11-20(30)23(35-26)18-7-5-6-8-21(18)40)25(36-27(39)41)37-12-16(3)38(28(42)43)13-15(37)2/h5-11,15-17,40H,12-13H2,1-4H3,(H,42,43)/t15-,16+,17?/m0/s1. The minimum Gasteiger partial charge on any atom is -0.507 e. The first-order valence-corrected chi connectivity index (χ1v) is 13.4. The number of benzene rings is 1. The van der Waals surface area contributed by atoms with Gasteiger partial charge in [-0.15, -0.1) is 0 Å². The molecule has 1 unspecified atom stereocenters. The van der Waals surface area contributed by atoms with Gasteiger partial charge >= 0.3 is 18.0 Å². The number of phenolic OH excluding ortho intramolecular Hbond substituents is 1. The number of piperazine rings is 1. The highest BCUT2D eigenvalue weighted by atomic mass is 19.4. The van der Waals surface area contributed by atoms with E-state index in [9.17, 15) is 33.0 Å². The zero-order valence-electron chi connectivity index (χ0n) is 23.6. The highest BCUT2D eigenvalue weighted by molar-refractivity contribution is 5.91. The Balaban J connectivity index is 1.86. The van der Waals surface area contributed by atoms with Crippen LogP contribution in [-0.2, 0) is 0 Å². The number of anilines is 1. The summed E-state index contributed by atoms with van der Waals surface area (Å²) in [5, 5.41) is 20.1. The number of amides is 1. The number of nitrogens with zero attached hydrogens (tertiary/aromatic N) is 6. The number of hydrogen-bond donors (Lipinski definition) is 2. The number of fused-ring (bicyclic) bond motifs is 1. The summed E-state index contributed by atoms with van der Waals surface area (Å²) in [6, 6.07) is 7.30. The molecule has 0 aliphatic carbocycles. The first-order chi connectivity index (χ1) is 20.2. The lowest BCUT2D eigenvalue weighted by molar-refractivity contribution is -0.147. The molecule has 1 saturated heterocycles. The molecule has 14 heteroatoms. The maximum atomic E-state index is 15.8. The number of pyridine rings is 2. The molecule has 4 heterocycles. The van der Waals surface area contributed by atoms with Crippen LogP contribution >= 0.6 is 0 Å². The van der Waals surface area contributed by atoms with Gasteiger partial charge in [0.25, 0.3) is 0 Å². The number of aryl methyl sites for hydroxylation is 1. The Kier molecular flexibility index (Phi) is 7.48. The summed E-state index contributed by atoms with van der Waals surface area (Å²) >= 11 is 0. The van der Waals surface area contributed by atoms with E-state index in [1.165, 1.54) is 42.3 Å². The Labute approximate surface area is 242 Å². The molecule has 0 saturated carbocycles.